The van der Waals surface area contributed by atoms with Gasteiger partial charge in [-0.25, -0.2) is 9.97 Å². The Bertz CT molecular complexity index is 1980. The molecular formula is C36H35N5O3S. The number of aromatic nitrogens is 2. The van der Waals surface area contributed by atoms with Crippen molar-refractivity contribution in [3.05, 3.63) is 81.4 Å². The summed E-state index contributed by atoms with van der Waals surface area (Å²) in [6.45, 7) is 11.3. The summed E-state index contributed by atoms with van der Waals surface area (Å²) in [5.41, 5.74) is 10.2. The van der Waals surface area contributed by atoms with Crippen LogP contribution in [0.3, 0.4) is 0 Å². The highest BCUT2D eigenvalue weighted by Crippen LogP contribution is 2.40. The predicted molar refractivity (Wildman–Crippen MR) is 176 cm³/mol. The Morgan fingerprint density at radius 2 is 1.76 bits per heavy atom. The molecule has 1 N–H and O–H groups in total. The fourth-order valence-electron chi connectivity index (χ4n) is 6.68. The number of rotatable bonds is 8. The van der Waals surface area contributed by atoms with Crippen LogP contribution in [0.15, 0.2) is 52.9 Å². The van der Waals surface area contributed by atoms with Gasteiger partial charge in [0.1, 0.15) is 16.6 Å². The molecule has 9 heteroatoms. The lowest BCUT2D eigenvalue weighted by molar-refractivity contribution is -0.147. The zero-order chi connectivity index (χ0) is 31.2. The number of carboxylic acid groups (broad SMARTS) is 1. The minimum Gasteiger partial charge on any atom is -0.481 e. The van der Waals surface area contributed by atoms with Gasteiger partial charge in [0.2, 0.25) is 5.89 Å². The van der Waals surface area contributed by atoms with Crippen LogP contribution < -0.4 is 0 Å². The van der Waals surface area contributed by atoms with Crippen LogP contribution in [-0.2, 0) is 24.3 Å². The molecule has 0 bridgehead atoms. The number of thiazole rings is 1. The first-order valence-electron chi connectivity index (χ1n) is 15.5. The van der Waals surface area contributed by atoms with Crippen molar-refractivity contribution in [2.75, 3.05) is 26.2 Å². The minimum absolute atomic E-state index is 0.328. The average molecular weight is 618 g/mol. The highest BCUT2D eigenvalue weighted by Gasteiger charge is 2.32. The number of fused-ring (bicyclic) bond motifs is 2. The van der Waals surface area contributed by atoms with E-state index >= 15 is 0 Å². The van der Waals surface area contributed by atoms with Gasteiger partial charge < -0.3 is 9.52 Å². The van der Waals surface area contributed by atoms with E-state index in [1.807, 2.05) is 35.6 Å². The third-order valence-electron chi connectivity index (χ3n) is 9.15. The van der Waals surface area contributed by atoms with E-state index in [2.05, 4.69) is 60.9 Å². The number of hydrogen-bond donors (Lipinski definition) is 1. The summed E-state index contributed by atoms with van der Waals surface area (Å²) >= 11 is 1.82. The second kappa shape index (κ2) is 11.9. The zero-order valence-electron chi connectivity index (χ0n) is 25.8. The molecule has 0 aliphatic carbocycles. The molecule has 3 aromatic carbocycles. The first-order valence-corrected chi connectivity index (χ1v) is 16.3. The summed E-state index contributed by atoms with van der Waals surface area (Å²) < 4.78 is 6.26. The van der Waals surface area contributed by atoms with Crippen LogP contribution in [-0.4, -0.2) is 57.0 Å². The van der Waals surface area contributed by atoms with Crippen LogP contribution in [0.1, 0.15) is 46.2 Å². The third kappa shape index (κ3) is 5.44. The van der Waals surface area contributed by atoms with Gasteiger partial charge in [0, 0.05) is 55.1 Å². The normalized spacial score (nSPS) is 15.6. The minimum atomic E-state index is -0.763. The maximum Gasteiger partial charge on any atom is 0.309 e. The van der Waals surface area contributed by atoms with E-state index in [-0.39, 0.29) is 5.92 Å². The average Bonchev–Trinajstić information content (AvgIpc) is 3.63. The number of likely N-dealkylation sites (tertiary alicyclic amines) is 1. The maximum atomic E-state index is 11.2. The topological polar surface area (TPSA) is 106 Å². The van der Waals surface area contributed by atoms with Gasteiger partial charge in [-0.3, -0.25) is 14.6 Å². The molecule has 0 radical (unpaired) electrons. The molecule has 8 nitrogen and oxygen atoms in total. The Labute approximate surface area is 266 Å². The lowest BCUT2D eigenvalue weighted by Crippen LogP contribution is -2.49. The smallest absolute Gasteiger partial charge is 0.309 e. The number of carbonyl (C=O) groups is 1. The molecule has 2 aliphatic heterocycles. The third-order valence-corrected chi connectivity index (χ3v) is 10.3. The Kier molecular flexibility index (Phi) is 7.74. The van der Waals surface area contributed by atoms with E-state index < -0.39 is 5.97 Å². The van der Waals surface area contributed by atoms with Gasteiger partial charge in [-0.1, -0.05) is 37.3 Å². The fraction of sp³-hybridized carbons (Fsp3) is 0.333. The van der Waals surface area contributed by atoms with Gasteiger partial charge in [0.05, 0.1) is 17.2 Å². The number of nitrogens with zero attached hydrogens (tertiary/aromatic N) is 5. The predicted octanol–water partition coefficient (Wildman–Crippen LogP) is 7.06. The van der Waals surface area contributed by atoms with Crippen molar-refractivity contribution in [3.63, 3.8) is 0 Å². The van der Waals surface area contributed by atoms with Crippen molar-refractivity contribution < 1.29 is 14.3 Å². The van der Waals surface area contributed by atoms with E-state index in [0.29, 0.717) is 42.2 Å². The van der Waals surface area contributed by atoms with Crippen molar-refractivity contribution in [3.8, 4) is 39.2 Å². The van der Waals surface area contributed by atoms with Crippen LogP contribution in [0.25, 0.3) is 44.3 Å². The van der Waals surface area contributed by atoms with E-state index in [4.69, 9.17) is 14.4 Å². The molecule has 228 valence electrons. The molecule has 1 fully saturated rings. The molecule has 0 spiro atoms. The van der Waals surface area contributed by atoms with Gasteiger partial charge in [-0.2, -0.15) is 5.26 Å². The SMILES string of the molecule is CCCN1CCc2nc(-c3cccc(-c4cccc(-c5nc6cc(CN7CC(C(=O)O)C7)cc(C#N)c6o5)c4C)c3C)sc2C1. The summed E-state index contributed by atoms with van der Waals surface area (Å²) in [5, 5.41) is 20.2. The molecule has 4 heterocycles. The summed E-state index contributed by atoms with van der Waals surface area (Å²) in [5.74, 6) is -0.613. The first-order chi connectivity index (χ1) is 21.8. The standard InChI is InChI=1S/C36H35N5O3S/c1-4-12-40-13-11-30-32(20-40)45-35(39-30)29-10-6-8-27(22(29)3)26-7-5-9-28(21(26)2)34-38-31-15-23(14-24(16-37)33(31)44-34)17-41-18-25(19-41)36(42)43/h5-10,14-15,25H,4,11-13,17-20H2,1-3H3,(H,42,43). The van der Waals surface area contributed by atoms with E-state index in [1.54, 1.807) is 0 Å². The number of oxazole rings is 1. The molecule has 45 heavy (non-hydrogen) atoms. The van der Waals surface area contributed by atoms with Crippen molar-refractivity contribution >= 4 is 28.4 Å². The lowest BCUT2D eigenvalue weighted by atomic mass is 9.91. The summed E-state index contributed by atoms with van der Waals surface area (Å²) in [4.78, 5) is 27.1. The van der Waals surface area contributed by atoms with Gasteiger partial charge in [-0.05, 0) is 72.8 Å². The quantitative estimate of drug-likeness (QED) is 0.197. The second-order valence-corrected chi connectivity index (χ2v) is 13.3. The largest absolute Gasteiger partial charge is 0.481 e. The lowest BCUT2D eigenvalue weighted by Gasteiger charge is -2.36. The molecule has 1 saturated heterocycles. The van der Waals surface area contributed by atoms with Crippen molar-refractivity contribution in [1.29, 1.82) is 5.26 Å². The van der Waals surface area contributed by atoms with Crippen LogP contribution in [0.4, 0.5) is 0 Å². The molecular weight excluding hydrogens is 582 g/mol. The van der Waals surface area contributed by atoms with Crippen LogP contribution in [0.2, 0.25) is 0 Å². The highest BCUT2D eigenvalue weighted by molar-refractivity contribution is 7.15. The van der Waals surface area contributed by atoms with Crippen LogP contribution in [0.5, 0.6) is 0 Å². The van der Waals surface area contributed by atoms with Gasteiger partial charge >= 0.3 is 5.97 Å². The highest BCUT2D eigenvalue weighted by atomic mass is 32.1. The Morgan fingerprint density at radius 1 is 1.04 bits per heavy atom. The van der Waals surface area contributed by atoms with Crippen molar-refractivity contribution in [2.45, 2.75) is 46.7 Å². The number of hydrogen-bond acceptors (Lipinski definition) is 8. The second-order valence-electron chi connectivity index (χ2n) is 12.2. The summed E-state index contributed by atoms with van der Waals surface area (Å²) in [6.07, 6.45) is 2.18. The van der Waals surface area contributed by atoms with E-state index in [1.165, 1.54) is 28.1 Å². The van der Waals surface area contributed by atoms with Gasteiger partial charge in [0.15, 0.2) is 5.58 Å². The monoisotopic (exact) mass is 617 g/mol. The van der Waals surface area contributed by atoms with Gasteiger partial charge in [0.25, 0.3) is 0 Å². The number of benzene rings is 3. The zero-order valence-corrected chi connectivity index (χ0v) is 26.6. The molecule has 2 aliphatic rings. The summed E-state index contributed by atoms with van der Waals surface area (Å²) in [6, 6.07) is 18.7. The number of aliphatic carboxylic acids is 1. The Hall–Kier alpha value is -4.36. The molecule has 0 atom stereocenters. The molecule has 5 aromatic rings. The molecule has 0 amide bonds. The molecule has 7 rings (SSSR count). The first kappa shape index (κ1) is 29.4. The van der Waals surface area contributed by atoms with Crippen molar-refractivity contribution in [2.24, 2.45) is 5.92 Å². The van der Waals surface area contributed by atoms with E-state index in [9.17, 15) is 15.2 Å². The Balaban J connectivity index is 1.20. The van der Waals surface area contributed by atoms with E-state index in [0.717, 1.165) is 58.9 Å². The van der Waals surface area contributed by atoms with Crippen molar-refractivity contribution in [1.82, 2.24) is 19.8 Å². The molecule has 2 aromatic heterocycles. The van der Waals surface area contributed by atoms with Crippen LogP contribution >= 0.6 is 11.3 Å². The number of nitriles is 1. The fourth-order valence-corrected chi connectivity index (χ4v) is 7.92. The van der Waals surface area contributed by atoms with Crippen LogP contribution in [0, 0.1) is 31.1 Å². The Morgan fingerprint density at radius 3 is 2.47 bits per heavy atom. The van der Waals surface area contributed by atoms with Gasteiger partial charge in [-0.15, -0.1) is 11.3 Å². The number of carboxylic acids is 1. The molecule has 0 unspecified atom stereocenters. The molecule has 0 saturated carbocycles. The maximum absolute atomic E-state index is 11.2. The summed E-state index contributed by atoms with van der Waals surface area (Å²) in [7, 11) is 0.